The monoisotopic (exact) mass is 434 g/mol. The van der Waals surface area contributed by atoms with E-state index in [0.717, 1.165) is 5.56 Å². The highest BCUT2D eigenvalue weighted by atomic mass is 16.7. The number of esters is 1. The van der Waals surface area contributed by atoms with Crippen LogP contribution in [0.4, 0.5) is 4.79 Å². The molecule has 1 rings (SSSR count). The summed E-state index contributed by atoms with van der Waals surface area (Å²) in [7, 11) is 0. The van der Waals surface area contributed by atoms with Crippen molar-refractivity contribution in [3.8, 4) is 0 Å². The van der Waals surface area contributed by atoms with E-state index in [1.54, 1.807) is 41.5 Å². The summed E-state index contributed by atoms with van der Waals surface area (Å²) < 4.78 is 10.7. The van der Waals surface area contributed by atoms with E-state index in [9.17, 15) is 14.4 Å². The van der Waals surface area contributed by atoms with Gasteiger partial charge in [-0.1, -0.05) is 36.4 Å². The van der Waals surface area contributed by atoms with Crippen molar-refractivity contribution in [3.63, 3.8) is 0 Å². The van der Waals surface area contributed by atoms with E-state index in [-0.39, 0.29) is 13.0 Å². The zero-order valence-corrected chi connectivity index (χ0v) is 19.2. The Kier molecular flexibility index (Phi) is 9.71. The van der Waals surface area contributed by atoms with Gasteiger partial charge in [-0.3, -0.25) is 9.63 Å². The molecule has 0 aliphatic rings. The largest absolute Gasteiger partial charge is 0.458 e. The molecule has 1 aromatic rings. The van der Waals surface area contributed by atoms with Crippen molar-refractivity contribution in [3.05, 3.63) is 48.6 Å². The second-order valence-electron chi connectivity index (χ2n) is 9.03. The first kappa shape index (κ1) is 26.2. The molecule has 0 bridgehead atoms. The Morgan fingerprint density at radius 1 is 1.00 bits per heavy atom. The highest BCUT2D eigenvalue weighted by Crippen LogP contribution is 2.18. The van der Waals surface area contributed by atoms with Gasteiger partial charge >= 0.3 is 12.1 Å². The molecule has 0 saturated heterocycles. The molecule has 1 aromatic carbocycles. The first-order valence-electron chi connectivity index (χ1n) is 10.1. The lowest BCUT2D eigenvalue weighted by atomic mass is 9.95. The average molecular weight is 435 g/mol. The molecule has 0 saturated carbocycles. The van der Waals surface area contributed by atoms with Crippen LogP contribution in [-0.4, -0.2) is 35.2 Å². The zero-order valence-electron chi connectivity index (χ0n) is 19.2. The number of rotatable bonds is 9. The summed E-state index contributed by atoms with van der Waals surface area (Å²) in [5.74, 6) is -2.37. The number of hydrogen-bond acceptors (Lipinski definition) is 6. The number of hydroxylamine groups is 1. The fourth-order valence-corrected chi connectivity index (χ4v) is 2.54. The Bertz CT molecular complexity index is 750. The Hall–Kier alpha value is -2.87. The Morgan fingerprint density at radius 2 is 1.58 bits per heavy atom. The smallest absolute Gasteiger partial charge is 0.408 e. The van der Waals surface area contributed by atoms with Crippen molar-refractivity contribution in [2.24, 2.45) is 5.92 Å². The Balaban J connectivity index is 2.97. The number of amides is 2. The van der Waals surface area contributed by atoms with Gasteiger partial charge in [0.2, 0.25) is 5.91 Å². The van der Waals surface area contributed by atoms with Gasteiger partial charge in [-0.2, -0.15) is 0 Å². The molecule has 0 aliphatic heterocycles. The van der Waals surface area contributed by atoms with Crippen molar-refractivity contribution >= 4 is 18.0 Å². The minimum absolute atomic E-state index is 0.0975. The maximum atomic E-state index is 12.8. The average Bonchev–Trinajstić information content (AvgIpc) is 2.62. The molecule has 0 fully saturated rings. The highest BCUT2D eigenvalue weighted by Gasteiger charge is 2.38. The predicted molar refractivity (Wildman–Crippen MR) is 117 cm³/mol. The molecule has 2 N–H and O–H groups in total. The van der Waals surface area contributed by atoms with E-state index in [1.807, 2.05) is 30.3 Å². The first-order valence-corrected chi connectivity index (χ1v) is 10.1. The van der Waals surface area contributed by atoms with Crippen molar-refractivity contribution in [1.29, 1.82) is 0 Å². The number of allylic oxidation sites excluding steroid dienone is 1. The SMILES string of the molecule is C=CC[C@@H](C(=O)NOCc1ccccc1)[C@H](NC(=O)OC(C)(C)C)C(=O)OC(C)(C)C. The van der Waals surface area contributed by atoms with Crippen LogP contribution in [-0.2, 0) is 30.5 Å². The maximum Gasteiger partial charge on any atom is 0.408 e. The van der Waals surface area contributed by atoms with Crippen LogP contribution in [0, 0.1) is 5.92 Å². The number of alkyl carbamates (subject to hydrolysis) is 1. The molecule has 2 amide bonds. The van der Waals surface area contributed by atoms with E-state index < -0.39 is 41.1 Å². The molecular formula is C23H34N2O6. The fourth-order valence-electron chi connectivity index (χ4n) is 2.54. The highest BCUT2D eigenvalue weighted by molar-refractivity contribution is 5.89. The molecule has 0 unspecified atom stereocenters. The summed E-state index contributed by atoms with van der Waals surface area (Å²) in [5, 5.41) is 2.47. The lowest BCUT2D eigenvalue weighted by Gasteiger charge is -2.29. The Morgan fingerprint density at radius 3 is 2.10 bits per heavy atom. The van der Waals surface area contributed by atoms with Crippen molar-refractivity contribution in [1.82, 2.24) is 10.8 Å². The third-order valence-electron chi connectivity index (χ3n) is 3.75. The standard InChI is InChI=1S/C23H34N2O6/c1-8-12-17(19(26)25-29-15-16-13-10-9-11-14-16)18(20(27)30-22(2,3)4)24-21(28)31-23(5,6)7/h8-11,13-14,17-18H,1,12,15H2,2-7H3,(H,24,28)(H,25,26)/t17-,18+/m1/s1. The lowest BCUT2D eigenvalue weighted by Crippen LogP contribution is -2.53. The van der Waals surface area contributed by atoms with Crippen LogP contribution < -0.4 is 10.8 Å². The van der Waals surface area contributed by atoms with Crippen LogP contribution in [0.15, 0.2) is 43.0 Å². The summed E-state index contributed by atoms with van der Waals surface area (Å²) in [6.07, 6.45) is 0.742. The number of ether oxygens (including phenoxy) is 2. The molecule has 0 aliphatic carbocycles. The van der Waals surface area contributed by atoms with E-state index in [2.05, 4.69) is 17.4 Å². The molecule has 0 aromatic heterocycles. The van der Waals surface area contributed by atoms with E-state index in [1.165, 1.54) is 6.08 Å². The van der Waals surface area contributed by atoms with Gasteiger partial charge in [-0.25, -0.2) is 15.1 Å². The third-order valence-corrected chi connectivity index (χ3v) is 3.75. The minimum atomic E-state index is -1.30. The van der Waals surface area contributed by atoms with Crippen molar-refractivity contribution in [2.75, 3.05) is 0 Å². The summed E-state index contributed by atoms with van der Waals surface area (Å²) in [4.78, 5) is 43.3. The molecule has 2 atom stereocenters. The second kappa shape index (κ2) is 11.5. The molecule has 31 heavy (non-hydrogen) atoms. The summed E-state index contributed by atoms with van der Waals surface area (Å²) in [5.41, 5.74) is 1.61. The summed E-state index contributed by atoms with van der Waals surface area (Å²) >= 11 is 0. The van der Waals surface area contributed by atoms with Gasteiger partial charge in [0, 0.05) is 0 Å². The lowest BCUT2D eigenvalue weighted by molar-refractivity contribution is -0.162. The number of hydrogen-bond donors (Lipinski definition) is 2. The molecule has 8 heteroatoms. The van der Waals surface area contributed by atoms with Gasteiger partial charge < -0.3 is 14.8 Å². The fraction of sp³-hybridized carbons (Fsp3) is 0.522. The minimum Gasteiger partial charge on any atom is -0.458 e. The third kappa shape index (κ3) is 10.6. The van der Waals surface area contributed by atoms with Crippen LogP contribution in [0.2, 0.25) is 0 Å². The maximum absolute atomic E-state index is 12.8. The van der Waals surface area contributed by atoms with E-state index >= 15 is 0 Å². The number of carbonyl (C=O) groups is 3. The van der Waals surface area contributed by atoms with Gasteiger partial charge in [-0.05, 0) is 53.5 Å². The summed E-state index contributed by atoms with van der Waals surface area (Å²) in [6, 6.07) is 7.97. The molecule has 172 valence electrons. The quantitative estimate of drug-likeness (QED) is 0.349. The molecule has 0 spiro atoms. The number of carbonyl (C=O) groups excluding carboxylic acids is 3. The Labute approximate surface area is 184 Å². The van der Waals surface area contributed by atoms with Crippen molar-refractivity contribution < 1.29 is 28.7 Å². The number of benzene rings is 1. The van der Waals surface area contributed by atoms with Gasteiger partial charge in [0.15, 0.2) is 0 Å². The number of nitrogens with one attached hydrogen (secondary N) is 2. The van der Waals surface area contributed by atoms with Gasteiger partial charge in [0.1, 0.15) is 17.2 Å². The van der Waals surface area contributed by atoms with E-state index in [0.29, 0.717) is 0 Å². The van der Waals surface area contributed by atoms with Gasteiger partial charge in [0.25, 0.3) is 0 Å². The second-order valence-corrected chi connectivity index (χ2v) is 9.03. The van der Waals surface area contributed by atoms with Crippen LogP contribution in [0.25, 0.3) is 0 Å². The first-order chi connectivity index (χ1) is 14.3. The topological polar surface area (TPSA) is 103 Å². The zero-order chi connectivity index (χ0) is 23.7. The van der Waals surface area contributed by atoms with Crippen LogP contribution in [0.5, 0.6) is 0 Å². The van der Waals surface area contributed by atoms with E-state index in [4.69, 9.17) is 14.3 Å². The molecular weight excluding hydrogens is 400 g/mol. The van der Waals surface area contributed by atoms with Crippen LogP contribution in [0.3, 0.4) is 0 Å². The van der Waals surface area contributed by atoms with Crippen molar-refractivity contribution in [2.45, 2.75) is 71.8 Å². The normalized spacial score (nSPS) is 13.5. The van der Waals surface area contributed by atoms with Crippen LogP contribution >= 0.6 is 0 Å². The molecule has 8 nitrogen and oxygen atoms in total. The molecule has 0 heterocycles. The van der Waals surface area contributed by atoms with Gasteiger partial charge in [0.05, 0.1) is 12.5 Å². The predicted octanol–water partition coefficient (Wildman–Crippen LogP) is 3.66. The molecule has 0 radical (unpaired) electrons. The summed E-state index contributed by atoms with van der Waals surface area (Å²) in [6.45, 7) is 14.0. The van der Waals surface area contributed by atoms with Gasteiger partial charge in [-0.15, -0.1) is 6.58 Å². The van der Waals surface area contributed by atoms with Crippen LogP contribution in [0.1, 0.15) is 53.5 Å².